The lowest BCUT2D eigenvalue weighted by atomic mass is 9.87. The zero-order valence-corrected chi connectivity index (χ0v) is 14.4. The third kappa shape index (κ3) is 4.81. The molecule has 0 aromatic rings. The molecule has 26 heavy (non-hydrogen) atoms. The first kappa shape index (κ1) is 22.5. The van der Waals surface area contributed by atoms with Gasteiger partial charge in [0, 0.05) is 6.92 Å². The smallest absolute Gasteiger partial charge is 0.372 e. The number of nitrogens with two attached hydrogens (primary N) is 1. The number of carbonyl (C=O) groups excluding carboxylic acids is 1. The molecule has 1 saturated heterocycles. The van der Waals surface area contributed by atoms with Crippen molar-refractivity contribution in [2.75, 3.05) is 13.2 Å². The van der Waals surface area contributed by atoms with Gasteiger partial charge in [-0.2, -0.15) is 4.39 Å². The van der Waals surface area contributed by atoms with E-state index in [-0.39, 0.29) is 4.99 Å². The summed E-state index contributed by atoms with van der Waals surface area (Å²) in [6.45, 7) is -0.576. The maximum Gasteiger partial charge on any atom is 0.372 e. The molecule has 1 heterocycles. The second kappa shape index (κ2) is 8.92. The predicted octanol–water partition coefficient (Wildman–Crippen LogP) is -2.64. The van der Waals surface area contributed by atoms with E-state index in [1.807, 2.05) is 0 Å². The number of thiocarbonyl (C=S) groups is 1. The zero-order valence-electron chi connectivity index (χ0n) is 13.5. The summed E-state index contributed by atoms with van der Waals surface area (Å²) in [7, 11) is 0. The van der Waals surface area contributed by atoms with E-state index < -0.39 is 67.6 Å². The van der Waals surface area contributed by atoms with Crippen LogP contribution in [0, 0.1) is 0 Å². The molecule has 1 amide bonds. The Morgan fingerprint density at radius 1 is 1.46 bits per heavy atom. The van der Waals surface area contributed by atoms with Gasteiger partial charge in [-0.25, -0.2) is 9.18 Å². The van der Waals surface area contributed by atoms with Gasteiger partial charge in [-0.05, 0) is 0 Å². The summed E-state index contributed by atoms with van der Waals surface area (Å²) in [5.41, 5.74) is 5.23. The molecule has 1 aliphatic rings. The molecular formula is C13H20F2N2O8S. The third-order valence-corrected chi connectivity index (χ3v) is 3.77. The van der Waals surface area contributed by atoms with Crippen LogP contribution in [0.2, 0.25) is 0 Å². The molecule has 0 bridgehead atoms. The molecule has 1 fully saturated rings. The Labute approximate surface area is 151 Å². The number of nitrogens with one attached hydrogen (secondary N) is 1. The average molecular weight is 402 g/mol. The lowest BCUT2D eigenvalue weighted by Crippen LogP contribution is -2.71. The summed E-state index contributed by atoms with van der Waals surface area (Å²) < 4.78 is 38.8. The summed E-state index contributed by atoms with van der Waals surface area (Å²) in [6.07, 6.45) is -10.9. The Bertz CT molecular complexity index is 556. The topological polar surface area (TPSA) is 172 Å². The average Bonchev–Trinajstić information content (AvgIpc) is 2.55. The number of rotatable bonds is 8. The van der Waals surface area contributed by atoms with Crippen molar-refractivity contribution in [1.82, 2.24) is 5.32 Å². The predicted molar refractivity (Wildman–Crippen MR) is 84.5 cm³/mol. The Morgan fingerprint density at radius 3 is 2.46 bits per heavy atom. The third-order valence-electron chi connectivity index (χ3n) is 3.66. The molecule has 0 aliphatic carbocycles. The van der Waals surface area contributed by atoms with Crippen LogP contribution >= 0.6 is 12.2 Å². The van der Waals surface area contributed by atoms with Crippen molar-refractivity contribution in [3.63, 3.8) is 0 Å². The van der Waals surface area contributed by atoms with Crippen molar-refractivity contribution in [3.8, 4) is 0 Å². The van der Waals surface area contributed by atoms with Crippen LogP contribution in [0.3, 0.4) is 0 Å². The van der Waals surface area contributed by atoms with Crippen molar-refractivity contribution < 1.29 is 48.3 Å². The first-order chi connectivity index (χ1) is 12.0. The van der Waals surface area contributed by atoms with Crippen LogP contribution < -0.4 is 11.1 Å². The molecule has 0 saturated carbocycles. The Balaban J connectivity index is 3.34. The van der Waals surface area contributed by atoms with Crippen LogP contribution in [0.4, 0.5) is 8.78 Å². The minimum Gasteiger partial charge on any atom is -0.477 e. The fourth-order valence-corrected chi connectivity index (χ4v) is 2.53. The second-order valence-corrected chi connectivity index (χ2v) is 6.17. The number of ether oxygens (including phenoxy) is 2. The summed E-state index contributed by atoms with van der Waals surface area (Å²) in [6, 6.07) is -1.63. The van der Waals surface area contributed by atoms with Crippen LogP contribution in [-0.4, -0.2) is 93.0 Å². The molecule has 0 radical (unpaired) electrons. The number of carboxylic acids is 1. The van der Waals surface area contributed by atoms with Crippen molar-refractivity contribution in [2.45, 2.75) is 49.4 Å². The number of carboxylic acid groups (broad SMARTS) is 1. The van der Waals surface area contributed by atoms with Crippen molar-refractivity contribution in [2.24, 2.45) is 5.73 Å². The summed E-state index contributed by atoms with van der Waals surface area (Å²) in [5.74, 6) is -7.09. The van der Waals surface area contributed by atoms with Crippen LogP contribution in [0.25, 0.3) is 0 Å². The lowest BCUT2D eigenvalue weighted by Gasteiger charge is -2.46. The number of hydrogen-bond acceptors (Lipinski definition) is 8. The van der Waals surface area contributed by atoms with Gasteiger partial charge in [-0.1, -0.05) is 12.2 Å². The molecule has 1 rings (SSSR count). The molecule has 10 nitrogen and oxygen atoms in total. The van der Waals surface area contributed by atoms with E-state index in [4.69, 9.17) is 20.7 Å². The molecule has 0 spiro atoms. The van der Waals surface area contributed by atoms with Crippen LogP contribution in [0.5, 0.6) is 0 Å². The van der Waals surface area contributed by atoms with E-state index in [1.54, 1.807) is 0 Å². The number of halogens is 2. The first-order valence-electron chi connectivity index (χ1n) is 7.33. The Kier molecular flexibility index (Phi) is 7.73. The fourth-order valence-electron chi connectivity index (χ4n) is 2.46. The van der Waals surface area contributed by atoms with Gasteiger partial charge in [0.25, 0.3) is 0 Å². The monoisotopic (exact) mass is 402 g/mol. The molecule has 0 aromatic carbocycles. The van der Waals surface area contributed by atoms with Crippen LogP contribution in [-0.2, 0) is 19.1 Å². The molecule has 7 atom stereocenters. The molecule has 150 valence electrons. The van der Waals surface area contributed by atoms with Crippen molar-refractivity contribution in [1.29, 1.82) is 0 Å². The zero-order chi connectivity index (χ0) is 20.2. The highest BCUT2D eigenvalue weighted by atomic mass is 32.1. The fraction of sp³-hybridized carbons (Fsp3) is 0.769. The van der Waals surface area contributed by atoms with Gasteiger partial charge in [-0.15, -0.1) is 0 Å². The summed E-state index contributed by atoms with van der Waals surface area (Å²) in [4.78, 5) is 22.3. The second-order valence-electron chi connectivity index (χ2n) is 5.64. The maximum absolute atomic E-state index is 14.6. The van der Waals surface area contributed by atoms with Crippen LogP contribution in [0.1, 0.15) is 6.92 Å². The minimum absolute atomic E-state index is 0.266. The summed E-state index contributed by atoms with van der Waals surface area (Å²) >= 11 is 4.56. The molecule has 7 N–H and O–H groups in total. The molecule has 13 heteroatoms. The van der Waals surface area contributed by atoms with Crippen molar-refractivity contribution >= 4 is 29.1 Å². The van der Waals surface area contributed by atoms with Gasteiger partial charge in [-0.3, -0.25) is 4.79 Å². The maximum atomic E-state index is 14.6. The van der Waals surface area contributed by atoms with Gasteiger partial charge in [0.15, 0.2) is 6.17 Å². The summed E-state index contributed by atoms with van der Waals surface area (Å²) in [5, 5.41) is 39.7. The van der Waals surface area contributed by atoms with Crippen LogP contribution in [0.15, 0.2) is 0 Å². The van der Waals surface area contributed by atoms with Gasteiger partial charge in [0.1, 0.15) is 24.4 Å². The van der Waals surface area contributed by atoms with Gasteiger partial charge in [0.05, 0.1) is 24.2 Å². The minimum atomic E-state index is -3.96. The number of aliphatic hydroxyl groups is 3. The number of amides is 1. The lowest BCUT2D eigenvalue weighted by molar-refractivity contribution is -0.296. The van der Waals surface area contributed by atoms with Gasteiger partial charge in [0.2, 0.25) is 5.91 Å². The van der Waals surface area contributed by atoms with E-state index in [0.717, 1.165) is 6.92 Å². The Morgan fingerprint density at radius 2 is 2.04 bits per heavy atom. The largest absolute Gasteiger partial charge is 0.477 e. The highest BCUT2D eigenvalue weighted by Crippen LogP contribution is 2.37. The van der Waals surface area contributed by atoms with Gasteiger partial charge < -0.3 is 41.0 Å². The highest BCUT2D eigenvalue weighted by Gasteiger charge is 2.63. The number of alkyl halides is 2. The Hall–Kier alpha value is -1.51. The quantitative estimate of drug-likeness (QED) is 0.236. The first-order valence-corrected chi connectivity index (χ1v) is 7.74. The molecular weight excluding hydrogens is 382 g/mol. The normalized spacial score (nSPS) is 33.9. The molecule has 1 aliphatic heterocycles. The standard InChI is InChI=1S/C13H20F2N2O8S/c1-4(19)17-7-9(8(21)5(20)2-18)25-13(15,12(22)23)11(14)10(7)24-3-6(16)26/h5,7-11,18,20-21H,2-3H2,1H3,(H2,16,26)(H,17,19)(H,22,23)/t5-,7+,8-,9-,10-,11+,13+/m1/s1. The van der Waals surface area contributed by atoms with E-state index in [9.17, 15) is 28.6 Å². The highest BCUT2D eigenvalue weighted by molar-refractivity contribution is 7.80. The number of aliphatic carboxylic acids is 1. The van der Waals surface area contributed by atoms with E-state index in [0.29, 0.717) is 0 Å². The van der Waals surface area contributed by atoms with E-state index in [1.165, 1.54) is 0 Å². The SMILES string of the molecule is CC(=O)N[C@@H]1[C@@H](OCC(N)=S)[C@H](F)[C@@](F)(C(=O)O)O[C@H]1[C@H](O)[C@H](O)CO. The van der Waals surface area contributed by atoms with Crippen molar-refractivity contribution in [3.05, 3.63) is 0 Å². The number of aliphatic hydroxyl groups excluding tert-OH is 3. The van der Waals surface area contributed by atoms with E-state index in [2.05, 4.69) is 22.3 Å². The number of hydrogen-bond donors (Lipinski definition) is 6. The molecule has 0 unspecified atom stereocenters. The van der Waals surface area contributed by atoms with E-state index >= 15 is 0 Å². The molecule has 0 aromatic heterocycles. The number of carbonyl (C=O) groups is 2. The van der Waals surface area contributed by atoms with Gasteiger partial charge >= 0.3 is 11.8 Å².